The fourth-order valence-electron chi connectivity index (χ4n) is 2.50. The Balaban J connectivity index is 1.77. The fourth-order valence-corrected chi connectivity index (χ4v) is 3.99. The molecule has 8 nitrogen and oxygen atoms in total. The van der Waals surface area contributed by atoms with E-state index < -0.39 is 10.0 Å². The summed E-state index contributed by atoms with van der Waals surface area (Å²) in [6.07, 6.45) is 1.66. The van der Waals surface area contributed by atoms with Gasteiger partial charge in [-0.05, 0) is 42.5 Å². The summed E-state index contributed by atoms with van der Waals surface area (Å²) in [5.74, 6) is 0.785. The van der Waals surface area contributed by atoms with Crippen LogP contribution in [0.15, 0.2) is 59.6 Å². The fraction of sp³-hybridized carbons (Fsp3) is 0.158. The molecule has 3 rings (SSSR count). The van der Waals surface area contributed by atoms with E-state index in [1.54, 1.807) is 36.5 Å². The molecule has 152 valence electrons. The zero-order chi connectivity index (χ0) is 21.0. The first-order chi connectivity index (χ1) is 13.8. The van der Waals surface area contributed by atoms with Crippen LogP contribution in [0.2, 0.25) is 5.02 Å². The van der Waals surface area contributed by atoms with Crippen molar-refractivity contribution in [2.24, 2.45) is 0 Å². The van der Waals surface area contributed by atoms with Gasteiger partial charge in [0.25, 0.3) is 10.0 Å². The summed E-state index contributed by atoms with van der Waals surface area (Å²) in [4.78, 5) is 1.88. The van der Waals surface area contributed by atoms with E-state index >= 15 is 0 Å². The van der Waals surface area contributed by atoms with E-state index in [2.05, 4.69) is 20.2 Å². The van der Waals surface area contributed by atoms with Crippen molar-refractivity contribution < 1.29 is 13.2 Å². The number of hydrogen-bond donors (Lipinski definition) is 2. The van der Waals surface area contributed by atoms with Crippen LogP contribution in [0.3, 0.4) is 0 Å². The van der Waals surface area contributed by atoms with Gasteiger partial charge >= 0.3 is 0 Å². The quantitative estimate of drug-likeness (QED) is 0.585. The second kappa shape index (κ2) is 8.54. The van der Waals surface area contributed by atoms with Gasteiger partial charge in [-0.25, -0.2) is 8.42 Å². The molecular weight excluding hydrogens is 414 g/mol. The van der Waals surface area contributed by atoms with E-state index in [1.165, 1.54) is 19.2 Å². The first kappa shape index (κ1) is 20.7. The third kappa shape index (κ3) is 5.07. The number of nitrogens with zero attached hydrogens (tertiary/aromatic N) is 3. The maximum atomic E-state index is 12.7. The molecule has 0 spiro atoms. The van der Waals surface area contributed by atoms with E-state index in [1.807, 2.05) is 25.1 Å². The summed E-state index contributed by atoms with van der Waals surface area (Å²) in [6, 6.07) is 13.0. The van der Waals surface area contributed by atoms with Crippen LogP contribution in [0.25, 0.3) is 0 Å². The SMILES string of the molecule is COc1ccc(Cl)cc1S(=O)(=O)Nc1ccc(Nc2cc(N(C)C)cnn2)cc1. The molecule has 1 heterocycles. The van der Waals surface area contributed by atoms with E-state index in [0.29, 0.717) is 16.5 Å². The Morgan fingerprint density at radius 2 is 1.72 bits per heavy atom. The van der Waals surface area contributed by atoms with Crippen LogP contribution in [0.4, 0.5) is 22.9 Å². The number of hydrogen-bond acceptors (Lipinski definition) is 7. The van der Waals surface area contributed by atoms with Crippen molar-refractivity contribution in [1.82, 2.24) is 10.2 Å². The van der Waals surface area contributed by atoms with Gasteiger partial charge < -0.3 is 15.0 Å². The standard InChI is InChI=1S/C19H20ClN5O3S/c1-25(2)16-11-19(23-21-12-16)22-14-5-7-15(8-6-14)24-29(26,27)18-10-13(20)4-9-17(18)28-3/h4-12,24H,1-3H3,(H,22,23). The van der Waals surface area contributed by atoms with Gasteiger partial charge in [-0.15, -0.1) is 5.10 Å². The molecule has 0 aliphatic carbocycles. The number of halogens is 1. The van der Waals surface area contributed by atoms with Gasteiger partial charge in [-0.1, -0.05) is 11.6 Å². The molecule has 3 aromatic rings. The average Bonchev–Trinajstić information content (AvgIpc) is 2.69. The molecule has 29 heavy (non-hydrogen) atoms. The predicted octanol–water partition coefficient (Wildman–Crippen LogP) is 3.75. The molecule has 2 N–H and O–H groups in total. The second-order valence-corrected chi connectivity index (χ2v) is 8.38. The van der Waals surface area contributed by atoms with Crippen molar-refractivity contribution in [3.05, 3.63) is 59.8 Å². The molecule has 0 saturated heterocycles. The van der Waals surface area contributed by atoms with Crippen molar-refractivity contribution in [2.45, 2.75) is 4.90 Å². The van der Waals surface area contributed by atoms with Crippen LogP contribution in [-0.4, -0.2) is 39.8 Å². The van der Waals surface area contributed by atoms with Crippen molar-refractivity contribution >= 4 is 44.5 Å². The molecule has 10 heteroatoms. The number of ether oxygens (including phenoxy) is 1. The summed E-state index contributed by atoms with van der Waals surface area (Å²) in [5.41, 5.74) is 2.03. The highest BCUT2D eigenvalue weighted by atomic mass is 35.5. The molecule has 0 aliphatic rings. The Kier molecular flexibility index (Phi) is 6.09. The summed E-state index contributed by atoms with van der Waals surface area (Å²) < 4.78 is 33.1. The van der Waals surface area contributed by atoms with Gasteiger partial charge in [0.1, 0.15) is 10.6 Å². The third-order valence-electron chi connectivity index (χ3n) is 3.98. The normalized spacial score (nSPS) is 11.0. The van der Waals surface area contributed by atoms with E-state index in [0.717, 1.165) is 11.4 Å². The molecule has 0 bridgehead atoms. The Bertz CT molecular complexity index is 1110. The molecular formula is C19H20ClN5O3S. The topological polar surface area (TPSA) is 96.5 Å². The molecule has 0 saturated carbocycles. The highest BCUT2D eigenvalue weighted by Crippen LogP contribution is 2.29. The maximum Gasteiger partial charge on any atom is 0.265 e. The minimum absolute atomic E-state index is 0.0366. The van der Waals surface area contributed by atoms with Crippen LogP contribution >= 0.6 is 11.6 Å². The Morgan fingerprint density at radius 1 is 1.03 bits per heavy atom. The lowest BCUT2D eigenvalue weighted by molar-refractivity contribution is 0.403. The van der Waals surface area contributed by atoms with Crippen LogP contribution in [-0.2, 0) is 10.0 Å². The number of anilines is 4. The molecule has 0 atom stereocenters. The lowest BCUT2D eigenvalue weighted by Gasteiger charge is -2.14. The van der Waals surface area contributed by atoms with E-state index in [4.69, 9.17) is 16.3 Å². The monoisotopic (exact) mass is 433 g/mol. The number of nitrogens with one attached hydrogen (secondary N) is 2. The van der Waals surface area contributed by atoms with E-state index in [-0.39, 0.29) is 10.6 Å². The lowest BCUT2D eigenvalue weighted by atomic mass is 10.3. The molecule has 2 aromatic carbocycles. The summed E-state index contributed by atoms with van der Waals surface area (Å²) in [5, 5.41) is 11.4. The maximum absolute atomic E-state index is 12.7. The van der Waals surface area contributed by atoms with Gasteiger partial charge in [0.05, 0.1) is 19.0 Å². The number of benzene rings is 2. The van der Waals surface area contributed by atoms with Crippen LogP contribution < -0.4 is 19.7 Å². The van der Waals surface area contributed by atoms with Crippen molar-refractivity contribution in [1.29, 1.82) is 0 Å². The summed E-state index contributed by atoms with van der Waals surface area (Å²) in [7, 11) is 1.35. The Morgan fingerprint density at radius 3 is 2.38 bits per heavy atom. The Labute approximate surface area is 174 Å². The van der Waals surface area contributed by atoms with E-state index in [9.17, 15) is 8.42 Å². The molecule has 0 unspecified atom stereocenters. The molecule has 0 radical (unpaired) electrons. The van der Waals surface area contributed by atoms with Gasteiger partial charge in [-0.2, -0.15) is 5.10 Å². The number of rotatable bonds is 7. The largest absolute Gasteiger partial charge is 0.495 e. The second-order valence-electron chi connectivity index (χ2n) is 6.30. The minimum atomic E-state index is -3.87. The first-order valence-corrected chi connectivity index (χ1v) is 10.4. The lowest BCUT2D eigenvalue weighted by Crippen LogP contribution is -2.14. The van der Waals surface area contributed by atoms with Crippen LogP contribution in [0, 0.1) is 0 Å². The smallest absolute Gasteiger partial charge is 0.265 e. The zero-order valence-electron chi connectivity index (χ0n) is 16.0. The predicted molar refractivity (Wildman–Crippen MR) is 115 cm³/mol. The molecule has 0 fully saturated rings. The van der Waals surface area contributed by atoms with Gasteiger partial charge in [0.15, 0.2) is 5.82 Å². The van der Waals surface area contributed by atoms with Crippen LogP contribution in [0.1, 0.15) is 0 Å². The first-order valence-electron chi connectivity index (χ1n) is 8.52. The van der Waals surface area contributed by atoms with Gasteiger partial charge in [-0.3, -0.25) is 4.72 Å². The zero-order valence-corrected chi connectivity index (χ0v) is 17.6. The number of methoxy groups -OCH3 is 1. The van der Waals surface area contributed by atoms with Crippen molar-refractivity contribution in [2.75, 3.05) is 36.1 Å². The van der Waals surface area contributed by atoms with Crippen molar-refractivity contribution in [3.63, 3.8) is 0 Å². The highest BCUT2D eigenvalue weighted by molar-refractivity contribution is 7.92. The van der Waals surface area contributed by atoms with Gasteiger partial charge in [0.2, 0.25) is 0 Å². The Hall–Kier alpha value is -3.04. The summed E-state index contributed by atoms with van der Waals surface area (Å²) in [6.45, 7) is 0. The highest BCUT2D eigenvalue weighted by Gasteiger charge is 2.20. The molecule has 1 aromatic heterocycles. The third-order valence-corrected chi connectivity index (χ3v) is 5.62. The summed E-state index contributed by atoms with van der Waals surface area (Å²) >= 11 is 5.94. The van der Waals surface area contributed by atoms with Gasteiger partial charge in [0, 0.05) is 36.6 Å². The van der Waals surface area contributed by atoms with Crippen LogP contribution in [0.5, 0.6) is 5.75 Å². The number of aromatic nitrogens is 2. The van der Waals surface area contributed by atoms with Crippen molar-refractivity contribution in [3.8, 4) is 5.75 Å². The number of sulfonamides is 1. The minimum Gasteiger partial charge on any atom is -0.495 e. The molecule has 0 aliphatic heterocycles. The molecule has 0 amide bonds. The average molecular weight is 434 g/mol.